The highest BCUT2D eigenvalue weighted by molar-refractivity contribution is 7.09. The van der Waals surface area contributed by atoms with Crippen molar-refractivity contribution in [1.82, 2.24) is 30.8 Å². The van der Waals surface area contributed by atoms with Gasteiger partial charge in [-0.2, -0.15) is 0 Å². The number of benzene rings is 2. The molecule has 15 heteroatoms. The van der Waals surface area contributed by atoms with Gasteiger partial charge in [0.05, 0.1) is 12.0 Å². The highest BCUT2D eigenvalue weighted by atomic mass is 32.1. The zero-order valence-electron chi connectivity index (χ0n) is 27.8. The van der Waals surface area contributed by atoms with Gasteiger partial charge in [-0.3, -0.25) is 24.0 Å². The summed E-state index contributed by atoms with van der Waals surface area (Å²) in [6, 6.07) is 14.1. The van der Waals surface area contributed by atoms with Crippen molar-refractivity contribution in [2.24, 2.45) is 7.05 Å². The van der Waals surface area contributed by atoms with Crippen LogP contribution in [-0.4, -0.2) is 74.3 Å². The molecule has 5 amide bonds. The summed E-state index contributed by atoms with van der Waals surface area (Å²) in [7, 11) is 1.76. The smallest absolute Gasteiger partial charge is 0.326 e. The molecular formula is C36H39N7O7S. The number of rotatable bonds is 7. The van der Waals surface area contributed by atoms with Gasteiger partial charge in [-0.1, -0.05) is 48.5 Å². The zero-order valence-corrected chi connectivity index (χ0v) is 28.7. The average Bonchev–Trinajstić information content (AvgIpc) is 3.78. The first-order valence-corrected chi connectivity index (χ1v) is 17.3. The van der Waals surface area contributed by atoms with Gasteiger partial charge in [0.25, 0.3) is 0 Å². The summed E-state index contributed by atoms with van der Waals surface area (Å²) in [5.74, 6) is -4.35. The maximum atomic E-state index is 14.1. The molecule has 266 valence electrons. The largest absolute Gasteiger partial charge is 0.480 e. The molecule has 2 bridgehead atoms. The Bertz CT molecular complexity index is 1840. The Morgan fingerprint density at radius 3 is 2.06 bits per heavy atom. The Labute approximate surface area is 298 Å². The van der Waals surface area contributed by atoms with Crippen molar-refractivity contribution in [3.05, 3.63) is 106 Å². The third-order valence-corrected chi connectivity index (χ3v) is 9.13. The number of aryl methyl sites for hydroxylation is 1. The van der Waals surface area contributed by atoms with E-state index < -0.39 is 59.7 Å². The van der Waals surface area contributed by atoms with E-state index in [-0.39, 0.29) is 38.5 Å². The van der Waals surface area contributed by atoms with Crippen LogP contribution in [-0.2, 0) is 61.5 Å². The average molecular weight is 714 g/mol. The fourth-order valence-electron chi connectivity index (χ4n) is 5.58. The highest BCUT2D eigenvalue weighted by Gasteiger charge is 2.32. The number of anilines is 1. The third kappa shape index (κ3) is 10.8. The molecule has 0 fully saturated rings. The number of hydrogen-bond acceptors (Lipinski definition) is 8. The minimum absolute atomic E-state index is 0.0282. The van der Waals surface area contributed by atoms with Gasteiger partial charge in [0.15, 0.2) is 0 Å². The third-order valence-electron chi connectivity index (χ3n) is 8.23. The summed E-state index contributed by atoms with van der Waals surface area (Å²) in [5.41, 5.74) is 2.20. The molecule has 6 N–H and O–H groups in total. The van der Waals surface area contributed by atoms with E-state index in [1.165, 1.54) is 11.3 Å². The second-order valence-electron chi connectivity index (χ2n) is 12.3. The number of carbonyl (C=O) groups is 6. The van der Waals surface area contributed by atoms with Crippen LogP contribution in [0.2, 0.25) is 0 Å². The molecule has 2 aromatic carbocycles. The number of aromatic nitrogens is 2. The van der Waals surface area contributed by atoms with E-state index in [0.717, 1.165) is 4.88 Å². The van der Waals surface area contributed by atoms with Gasteiger partial charge in [0.2, 0.25) is 29.5 Å². The van der Waals surface area contributed by atoms with E-state index in [4.69, 9.17) is 0 Å². The van der Waals surface area contributed by atoms with Gasteiger partial charge in [-0.25, -0.2) is 9.78 Å². The number of nitrogens with zero attached hydrogens (tertiary/aromatic N) is 2. The summed E-state index contributed by atoms with van der Waals surface area (Å²) in [4.78, 5) is 84.9. The van der Waals surface area contributed by atoms with Crippen LogP contribution >= 0.6 is 11.3 Å². The van der Waals surface area contributed by atoms with E-state index in [9.17, 15) is 33.9 Å². The molecule has 0 saturated carbocycles. The monoisotopic (exact) mass is 713 g/mol. The maximum absolute atomic E-state index is 14.1. The van der Waals surface area contributed by atoms with Gasteiger partial charge in [-0.15, -0.1) is 11.3 Å². The van der Waals surface area contributed by atoms with Crippen molar-refractivity contribution < 1.29 is 33.9 Å². The number of thiophene rings is 1. The predicted molar refractivity (Wildman–Crippen MR) is 188 cm³/mol. The highest BCUT2D eigenvalue weighted by Crippen LogP contribution is 2.15. The van der Waals surface area contributed by atoms with Crippen LogP contribution in [0.1, 0.15) is 34.5 Å². The Balaban J connectivity index is 1.49. The molecule has 6 rings (SSSR count). The van der Waals surface area contributed by atoms with Crippen LogP contribution in [0.4, 0.5) is 5.69 Å². The molecule has 4 heterocycles. The van der Waals surface area contributed by atoms with Crippen LogP contribution in [0.5, 0.6) is 0 Å². The normalized spacial score (nSPS) is 21.0. The first-order chi connectivity index (χ1) is 24.5. The van der Waals surface area contributed by atoms with E-state index in [0.29, 0.717) is 22.5 Å². The number of fused-ring (bicyclic) bond motifs is 18. The molecule has 0 spiro atoms. The molecule has 14 nitrogen and oxygen atoms in total. The van der Waals surface area contributed by atoms with Crippen LogP contribution in [0.3, 0.4) is 0 Å². The second kappa shape index (κ2) is 17.2. The fourth-order valence-corrected chi connectivity index (χ4v) is 6.33. The molecule has 4 aromatic rings. The van der Waals surface area contributed by atoms with Gasteiger partial charge < -0.3 is 36.3 Å². The first kappa shape index (κ1) is 36.5. The molecule has 2 aromatic heterocycles. The lowest BCUT2D eigenvalue weighted by atomic mass is 10.0. The van der Waals surface area contributed by atoms with Crippen molar-refractivity contribution in [1.29, 1.82) is 0 Å². The Hall–Kier alpha value is -5.83. The van der Waals surface area contributed by atoms with E-state index >= 15 is 0 Å². The molecule has 4 atom stereocenters. The summed E-state index contributed by atoms with van der Waals surface area (Å²) in [6.07, 6.45) is 2.89. The van der Waals surface area contributed by atoms with Crippen LogP contribution < -0.4 is 26.6 Å². The molecule has 0 aliphatic carbocycles. The number of amides is 5. The van der Waals surface area contributed by atoms with Crippen LogP contribution in [0.25, 0.3) is 0 Å². The minimum atomic E-state index is -1.35. The number of aliphatic carboxylic acids is 1. The van der Waals surface area contributed by atoms with Crippen molar-refractivity contribution in [3.63, 3.8) is 0 Å². The van der Waals surface area contributed by atoms with Crippen molar-refractivity contribution >= 4 is 52.5 Å². The second-order valence-corrected chi connectivity index (χ2v) is 13.3. The molecule has 4 unspecified atom stereocenters. The lowest BCUT2D eigenvalue weighted by molar-refractivity contribution is -0.142. The zero-order chi connectivity index (χ0) is 36.3. The lowest BCUT2D eigenvalue weighted by Crippen LogP contribution is -2.59. The number of carboxylic acid groups (broad SMARTS) is 1. The summed E-state index contributed by atoms with van der Waals surface area (Å²) < 4.78 is 1.68. The predicted octanol–water partition coefficient (Wildman–Crippen LogP) is 1.51. The number of hydrogen-bond donors (Lipinski definition) is 6. The molecular weight excluding hydrogens is 675 g/mol. The molecule has 0 radical (unpaired) electrons. The number of carboxylic acids is 1. The van der Waals surface area contributed by atoms with Gasteiger partial charge >= 0.3 is 5.97 Å². The SMILES string of the molecule is Cn1cnc(CC2NC(=O)C(Cc3cccs3)NC(=O)CCC(=O)Nc3ccc(cc3)CC(C(=O)O)NC(=O)C(Cc3ccccc3)NC2=O)c1. The Morgan fingerprint density at radius 1 is 0.784 bits per heavy atom. The van der Waals surface area contributed by atoms with Gasteiger partial charge in [0.1, 0.15) is 24.2 Å². The maximum Gasteiger partial charge on any atom is 0.326 e. The van der Waals surface area contributed by atoms with Gasteiger partial charge in [0, 0.05) is 62.3 Å². The summed E-state index contributed by atoms with van der Waals surface area (Å²) in [5, 5.41) is 25.4. The Kier molecular flexibility index (Phi) is 12.3. The van der Waals surface area contributed by atoms with Crippen molar-refractivity contribution in [2.75, 3.05) is 5.32 Å². The topological polar surface area (TPSA) is 201 Å². The summed E-state index contributed by atoms with van der Waals surface area (Å²) in [6.45, 7) is 0. The van der Waals surface area contributed by atoms with E-state index in [2.05, 4.69) is 31.6 Å². The number of carbonyl (C=O) groups excluding carboxylic acids is 5. The minimum Gasteiger partial charge on any atom is -0.480 e. The lowest BCUT2D eigenvalue weighted by Gasteiger charge is -2.26. The molecule has 2 aliphatic rings. The number of nitrogens with one attached hydrogen (secondary N) is 5. The van der Waals surface area contributed by atoms with E-state index in [1.807, 2.05) is 17.5 Å². The first-order valence-electron chi connectivity index (χ1n) is 16.4. The van der Waals surface area contributed by atoms with Gasteiger partial charge in [-0.05, 0) is 34.7 Å². The van der Waals surface area contributed by atoms with Crippen molar-refractivity contribution in [3.8, 4) is 0 Å². The van der Waals surface area contributed by atoms with Crippen molar-refractivity contribution in [2.45, 2.75) is 62.7 Å². The molecule has 2 aliphatic heterocycles. The number of imidazole rings is 1. The summed E-state index contributed by atoms with van der Waals surface area (Å²) >= 11 is 1.40. The quantitative estimate of drug-likeness (QED) is 0.155. The Morgan fingerprint density at radius 2 is 1.43 bits per heavy atom. The molecule has 51 heavy (non-hydrogen) atoms. The van der Waals surface area contributed by atoms with E-state index in [1.54, 1.807) is 78.7 Å². The van der Waals surface area contributed by atoms with Crippen LogP contribution in [0.15, 0.2) is 84.6 Å². The fraction of sp³-hybridized carbons (Fsp3) is 0.306. The van der Waals surface area contributed by atoms with Crippen LogP contribution in [0, 0.1) is 0 Å². The molecule has 0 saturated heterocycles. The standard InChI is InChI=1S/C36H39N7O7S/c1-43-20-25(37-21-43)18-28-34(47)40-27(16-22-6-3-2-4-7-22)33(46)42-30(36(49)50)17-23-9-11-24(12-10-23)38-31(44)13-14-32(45)39-29(35(48)41-28)19-26-8-5-15-51-26/h2-12,15,20-21,27-30H,13-14,16-19H2,1H3,(H,38,44)(H,39,45)(H,40,47)(H,41,48)(H,42,46)(H,49,50).